The van der Waals surface area contributed by atoms with Crippen molar-refractivity contribution in [3.63, 3.8) is 0 Å². The van der Waals surface area contributed by atoms with Crippen molar-refractivity contribution in [3.8, 4) is 6.07 Å². The number of hydrogen-bond acceptors (Lipinski definition) is 4. The third kappa shape index (κ3) is 3.48. The average Bonchev–Trinajstić information content (AvgIpc) is 2.78. The number of aromatic nitrogens is 1. The molecule has 5 nitrogen and oxygen atoms in total. The van der Waals surface area contributed by atoms with Gasteiger partial charge >= 0.3 is 0 Å². The molecule has 0 spiro atoms. The first kappa shape index (κ1) is 14.8. The van der Waals surface area contributed by atoms with E-state index in [0.29, 0.717) is 5.56 Å². The van der Waals surface area contributed by atoms with E-state index in [4.69, 9.17) is 9.78 Å². The number of nitrogens with zero attached hydrogens (tertiary/aromatic N) is 2. The zero-order chi connectivity index (χ0) is 15.4. The summed E-state index contributed by atoms with van der Waals surface area (Å²) in [5.41, 5.74) is 3.17. The number of benzene rings is 1. The number of hydrogen-bond donors (Lipinski definition) is 1. The molecule has 0 aliphatic heterocycles. The highest BCUT2D eigenvalue weighted by molar-refractivity contribution is 5.79. The molecule has 0 saturated heterocycles. The molecule has 1 unspecified atom stereocenters. The Morgan fingerprint density at radius 1 is 1.38 bits per heavy atom. The van der Waals surface area contributed by atoms with Crippen LogP contribution in [-0.2, 0) is 11.2 Å². The molecule has 1 atom stereocenters. The van der Waals surface area contributed by atoms with Gasteiger partial charge in [-0.1, -0.05) is 17.3 Å². The highest BCUT2D eigenvalue weighted by Crippen LogP contribution is 2.20. The number of rotatable bonds is 4. The van der Waals surface area contributed by atoms with Gasteiger partial charge in [0, 0.05) is 5.56 Å². The Kier molecular flexibility index (Phi) is 4.39. The van der Waals surface area contributed by atoms with E-state index in [1.54, 1.807) is 24.3 Å². The van der Waals surface area contributed by atoms with Crippen molar-refractivity contribution >= 4 is 5.91 Å². The quantitative estimate of drug-likeness (QED) is 0.935. The summed E-state index contributed by atoms with van der Waals surface area (Å²) < 4.78 is 5.11. The minimum atomic E-state index is -0.151. The molecule has 1 aromatic carbocycles. The molecule has 1 aromatic heterocycles. The third-order valence-corrected chi connectivity index (χ3v) is 3.35. The van der Waals surface area contributed by atoms with Crippen LogP contribution in [0.1, 0.15) is 41.1 Å². The van der Waals surface area contributed by atoms with Crippen molar-refractivity contribution in [2.75, 3.05) is 0 Å². The van der Waals surface area contributed by atoms with Gasteiger partial charge in [-0.05, 0) is 38.5 Å². The van der Waals surface area contributed by atoms with E-state index in [0.717, 1.165) is 22.6 Å². The standard InChI is InChI=1S/C16H17N3O2/c1-10(16-11(2)19-21-12(16)3)18-15(20)8-13-4-6-14(9-17)7-5-13/h4-7,10H,8H2,1-3H3,(H,18,20). The Morgan fingerprint density at radius 3 is 2.57 bits per heavy atom. The number of amides is 1. The molecule has 0 aliphatic rings. The van der Waals surface area contributed by atoms with E-state index in [1.807, 2.05) is 20.8 Å². The minimum absolute atomic E-state index is 0.0767. The van der Waals surface area contributed by atoms with Crippen LogP contribution in [0.4, 0.5) is 0 Å². The molecule has 108 valence electrons. The van der Waals surface area contributed by atoms with Gasteiger partial charge in [0.15, 0.2) is 0 Å². The monoisotopic (exact) mass is 283 g/mol. The van der Waals surface area contributed by atoms with Crippen LogP contribution in [0.3, 0.4) is 0 Å². The summed E-state index contributed by atoms with van der Waals surface area (Å²) in [5.74, 6) is 0.644. The van der Waals surface area contributed by atoms with Gasteiger partial charge in [-0.15, -0.1) is 0 Å². The van der Waals surface area contributed by atoms with E-state index < -0.39 is 0 Å². The summed E-state index contributed by atoms with van der Waals surface area (Å²) in [6, 6.07) is 8.90. The lowest BCUT2D eigenvalue weighted by molar-refractivity contribution is -0.121. The van der Waals surface area contributed by atoms with Gasteiger partial charge in [0.25, 0.3) is 0 Å². The number of nitrogens with one attached hydrogen (secondary N) is 1. The molecule has 0 bridgehead atoms. The molecule has 1 heterocycles. The van der Waals surface area contributed by atoms with E-state index >= 15 is 0 Å². The van der Waals surface area contributed by atoms with Crippen molar-refractivity contribution in [3.05, 3.63) is 52.4 Å². The van der Waals surface area contributed by atoms with Crippen LogP contribution < -0.4 is 5.32 Å². The van der Waals surface area contributed by atoms with Gasteiger partial charge in [-0.3, -0.25) is 4.79 Å². The summed E-state index contributed by atoms with van der Waals surface area (Å²) >= 11 is 0. The molecule has 1 N–H and O–H groups in total. The second kappa shape index (κ2) is 6.23. The number of carbonyl (C=O) groups is 1. The smallest absolute Gasteiger partial charge is 0.224 e. The maximum atomic E-state index is 12.1. The van der Waals surface area contributed by atoms with E-state index in [1.165, 1.54) is 0 Å². The van der Waals surface area contributed by atoms with Crippen molar-refractivity contribution in [1.29, 1.82) is 5.26 Å². The van der Waals surface area contributed by atoms with Gasteiger partial charge < -0.3 is 9.84 Å². The molecule has 1 amide bonds. The van der Waals surface area contributed by atoms with Gasteiger partial charge in [0.05, 0.1) is 29.8 Å². The predicted octanol–water partition coefficient (Wildman–Crippen LogP) is 2.58. The van der Waals surface area contributed by atoms with Crippen LogP contribution in [0, 0.1) is 25.2 Å². The van der Waals surface area contributed by atoms with Crippen LogP contribution in [0.2, 0.25) is 0 Å². The number of aryl methyl sites for hydroxylation is 2. The fourth-order valence-electron chi connectivity index (χ4n) is 2.36. The molecule has 0 aliphatic carbocycles. The summed E-state index contributed by atoms with van der Waals surface area (Å²) in [6.07, 6.45) is 0.277. The van der Waals surface area contributed by atoms with Gasteiger partial charge in [-0.25, -0.2) is 0 Å². The largest absolute Gasteiger partial charge is 0.361 e. The first-order valence-electron chi connectivity index (χ1n) is 6.72. The van der Waals surface area contributed by atoms with Crippen LogP contribution in [0.25, 0.3) is 0 Å². The molecular weight excluding hydrogens is 266 g/mol. The van der Waals surface area contributed by atoms with Crippen LogP contribution in [-0.4, -0.2) is 11.1 Å². The second-order valence-electron chi connectivity index (χ2n) is 5.01. The lowest BCUT2D eigenvalue weighted by Crippen LogP contribution is -2.28. The van der Waals surface area contributed by atoms with Crippen molar-refractivity contribution in [2.24, 2.45) is 0 Å². The van der Waals surface area contributed by atoms with E-state index in [-0.39, 0.29) is 18.4 Å². The normalized spacial score (nSPS) is 11.7. The molecular formula is C16H17N3O2. The molecule has 2 rings (SSSR count). The Hall–Kier alpha value is -2.61. The number of nitriles is 1. The van der Waals surface area contributed by atoms with E-state index in [9.17, 15) is 4.79 Å². The fraction of sp³-hybridized carbons (Fsp3) is 0.312. The van der Waals surface area contributed by atoms with Crippen molar-refractivity contribution in [1.82, 2.24) is 10.5 Å². The van der Waals surface area contributed by atoms with Crippen molar-refractivity contribution in [2.45, 2.75) is 33.2 Å². The lowest BCUT2D eigenvalue weighted by Gasteiger charge is -2.13. The first-order chi connectivity index (χ1) is 10.0. The average molecular weight is 283 g/mol. The summed E-state index contributed by atoms with van der Waals surface area (Å²) in [5, 5.41) is 15.6. The predicted molar refractivity (Wildman–Crippen MR) is 77.4 cm³/mol. The van der Waals surface area contributed by atoms with Crippen LogP contribution >= 0.6 is 0 Å². The molecule has 5 heteroatoms. The lowest BCUT2D eigenvalue weighted by atomic mass is 10.1. The van der Waals surface area contributed by atoms with Crippen LogP contribution in [0.5, 0.6) is 0 Å². The Balaban J connectivity index is 2.00. The van der Waals surface area contributed by atoms with Gasteiger partial charge in [0.1, 0.15) is 5.76 Å². The zero-order valence-corrected chi connectivity index (χ0v) is 12.3. The van der Waals surface area contributed by atoms with Crippen LogP contribution in [0.15, 0.2) is 28.8 Å². The first-order valence-corrected chi connectivity index (χ1v) is 6.72. The summed E-state index contributed by atoms with van der Waals surface area (Å²) in [6.45, 7) is 5.59. The number of carbonyl (C=O) groups excluding carboxylic acids is 1. The fourth-order valence-corrected chi connectivity index (χ4v) is 2.36. The molecule has 0 radical (unpaired) electrons. The van der Waals surface area contributed by atoms with Gasteiger partial charge in [-0.2, -0.15) is 5.26 Å². The Morgan fingerprint density at radius 2 is 2.05 bits per heavy atom. The molecule has 2 aromatic rings. The maximum Gasteiger partial charge on any atom is 0.224 e. The molecule has 21 heavy (non-hydrogen) atoms. The van der Waals surface area contributed by atoms with Crippen molar-refractivity contribution < 1.29 is 9.32 Å². The summed E-state index contributed by atoms with van der Waals surface area (Å²) in [4.78, 5) is 12.1. The maximum absolute atomic E-state index is 12.1. The third-order valence-electron chi connectivity index (χ3n) is 3.35. The zero-order valence-electron chi connectivity index (χ0n) is 12.3. The van der Waals surface area contributed by atoms with Gasteiger partial charge in [0.2, 0.25) is 5.91 Å². The minimum Gasteiger partial charge on any atom is -0.361 e. The SMILES string of the molecule is Cc1noc(C)c1C(C)NC(=O)Cc1ccc(C#N)cc1. The Bertz CT molecular complexity index is 661. The molecule has 0 fully saturated rings. The molecule has 0 saturated carbocycles. The highest BCUT2D eigenvalue weighted by Gasteiger charge is 2.18. The second-order valence-corrected chi connectivity index (χ2v) is 5.01. The Labute approximate surface area is 123 Å². The topological polar surface area (TPSA) is 78.9 Å². The summed E-state index contributed by atoms with van der Waals surface area (Å²) in [7, 11) is 0. The highest BCUT2D eigenvalue weighted by atomic mass is 16.5. The van der Waals surface area contributed by atoms with E-state index in [2.05, 4.69) is 16.5 Å².